The zero-order valence-electron chi connectivity index (χ0n) is 9.49. The average Bonchev–Trinajstić information content (AvgIpc) is 2.40. The van der Waals surface area contributed by atoms with E-state index in [1.807, 2.05) is 0 Å². The van der Waals surface area contributed by atoms with Crippen molar-refractivity contribution in [1.82, 2.24) is 10.2 Å². The van der Waals surface area contributed by atoms with Crippen LogP contribution in [0, 0.1) is 0 Å². The quantitative estimate of drug-likeness (QED) is 0.789. The summed E-state index contributed by atoms with van der Waals surface area (Å²) in [4.78, 5) is 1.80. The van der Waals surface area contributed by atoms with Crippen molar-refractivity contribution in [2.45, 2.75) is 44.4 Å². The molecule has 0 saturated carbocycles. The van der Waals surface area contributed by atoms with Gasteiger partial charge in [-0.1, -0.05) is 0 Å². The predicted octanol–water partition coefficient (Wildman–Crippen LogP) is 2.01. The first-order chi connectivity index (χ1) is 6.70. The Balaban J connectivity index is 2.33. The van der Waals surface area contributed by atoms with Crippen LogP contribution >= 0.6 is 0 Å². The minimum absolute atomic E-state index is 0.0527. The van der Waals surface area contributed by atoms with Crippen LogP contribution in [0.25, 0.3) is 0 Å². The molecular formula is C10H19F3N2. The van der Waals surface area contributed by atoms with Crippen molar-refractivity contribution in [1.29, 1.82) is 0 Å². The van der Waals surface area contributed by atoms with E-state index in [1.165, 1.54) is 0 Å². The van der Waals surface area contributed by atoms with Gasteiger partial charge in [-0.3, -0.25) is 0 Å². The van der Waals surface area contributed by atoms with Crippen LogP contribution in [0.1, 0.15) is 26.7 Å². The van der Waals surface area contributed by atoms with Gasteiger partial charge in [-0.25, -0.2) is 0 Å². The topological polar surface area (TPSA) is 15.3 Å². The fraction of sp³-hybridized carbons (Fsp3) is 1.00. The zero-order chi connectivity index (χ0) is 11.7. The third-order valence-electron chi connectivity index (χ3n) is 2.93. The molecule has 1 aliphatic rings. The van der Waals surface area contributed by atoms with Crippen molar-refractivity contribution in [2.24, 2.45) is 0 Å². The summed E-state index contributed by atoms with van der Waals surface area (Å²) in [5, 5.41) is 3.30. The number of hydrogen-bond acceptors (Lipinski definition) is 2. The van der Waals surface area contributed by atoms with Crippen molar-refractivity contribution in [3.05, 3.63) is 0 Å². The van der Waals surface area contributed by atoms with Crippen LogP contribution in [0.3, 0.4) is 0 Å². The number of likely N-dealkylation sites (N-methyl/N-ethyl adjacent to an activating group) is 1. The van der Waals surface area contributed by atoms with Gasteiger partial charge in [-0.15, -0.1) is 0 Å². The monoisotopic (exact) mass is 224 g/mol. The van der Waals surface area contributed by atoms with Gasteiger partial charge in [0.15, 0.2) is 0 Å². The maximum absolute atomic E-state index is 12.0. The van der Waals surface area contributed by atoms with Gasteiger partial charge in [0.1, 0.15) is 0 Å². The Hall–Kier alpha value is -0.290. The van der Waals surface area contributed by atoms with Crippen LogP contribution in [0.15, 0.2) is 0 Å². The lowest BCUT2D eigenvalue weighted by Gasteiger charge is -2.25. The minimum Gasteiger partial charge on any atom is -0.310 e. The van der Waals surface area contributed by atoms with Gasteiger partial charge >= 0.3 is 6.18 Å². The number of hydrogen-bond donors (Lipinski definition) is 1. The molecular weight excluding hydrogens is 205 g/mol. The molecule has 1 unspecified atom stereocenters. The molecule has 1 rings (SSSR count). The average molecular weight is 224 g/mol. The molecule has 1 N–H and O–H groups in total. The van der Waals surface area contributed by atoms with E-state index in [0.29, 0.717) is 0 Å². The number of halogens is 3. The largest absolute Gasteiger partial charge is 0.390 e. The number of rotatable bonds is 3. The van der Waals surface area contributed by atoms with Crippen molar-refractivity contribution in [3.63, 3.8) is 0 Å². The Morgan fingerprint density at radius 1 is 1.40 bits per heavy atom. The SMILES string of the molecule is CN(CCC(F)(F)F)C1CNC(C)(C)C1. The lowest BCUT2D eigenvalue weighted by molar-refractivity contribution is -0.138. The van der Waals surface area contributed by atoms with E-state index in [1.54, 1.807) is 11.9 Å². The summed E-state index contributed by atoms with van der Waals surface area (Å²) in [5.41, 5.74) is 0.0527. The van der Waals surface area contributed by atoms with Crippen molar-refractivity contribution >= 4 is 0 Å². The molecule has 1 aliphatic heterocycles. The first kappa shape index (κ1) is 12.8. The van der Waals surface area contributed by atoms with Crippen molar-refractivity contribution in [3.8, 4) is 0 Å². The summed E-state index contributed by atoms with van der Waals surface area (Å²) in [5.74, 6) is 0. The van der Waals surface area contributed by atoms with E-state index in [9.17, 15) is 13.2 Å². The standard InChI is InChI=1S/C10H19F3N2/c1-9(2)6-8(7-14-9)15(3)5-4-10(11,12)13/h8,14H,4-7H2,1-3H3. The van der Waals surface area contributed by atoms with Gasteiger partial charge in [0.05, 0.1) is 6.42 Å². The molecule has 1 atom stereocenters. The lowest BCUT2D eigenvalue weighted by atomic mass is 10.0. The maximum atomic E-state index is 12.0. The van der Waals surface area contributed by atoms with Gasteiger partial charge in [-0.2, -0.15) is 13.2 Å². The summed E-state index contributed by atoms with van der Waals surface area (Å²) < 4.78 is 36.0. The molecule has 0 spiro atoms. The second-order valence-electron chi connectivity index (χ2n) is 4.97. The first-order valence-electron chi connectivity index (χ1n) is 5.22. The zero-order valence-corrected chi connectivity index (χ0v) is 9.49. The van der Waals surface area contributed by atoms with E-state index in [4.69, 9.17) is 0 Å². The molecule has 1 heterocycles. The molecule has 5 heteroatoms. The molecule has 0 bridgehead atoms. The van der Waals surface area contributed by atoms with Crippen LogP contribution in [0.5, 0.6) is 0 Å². The van der Waals surface area contributed by atoms with E-state index in [0.717, 1.165) is 13.0 Å². The molecule has 0 aromatic rings. The van der Waals surface area contributed by atoms with Gasteiger partial charge in [0, 0.05) is 24.7 Å². The van der Waals surface area contributed by atoms with Gasteiger partial charge < -0.3 is 10.2 Å². The highest BCUT2D eigenvalue weighted by molar-refractivity contribution is 4.93. The molecule has 0 aromatic carbocycles. The van der Waals surface area contributed by atoms with Crippen LogP contribution < -0.4 is 5.32 Å². The van der Waals surface area contributed by atoms with E-state index in [-0.39, 0.29) is 18.1 Å². The first-order valence-corrected chi connectivity index (χ1v) is 5.22. The number of nitrogens with one attached hydrogen (secondary N) is 1. The second-order valence-corrected chi connectivity index (χ2v) is 4.97. The van der Waals surface area contributed by atoms with Crippen LogP contribution in [0.4, 0.5) is 13.2 Å². The molecule has 90 valence electrons. The molecule has 0 aromatic heterocycles. The number of nitrogens with zero attached hydrogens (tertiary/aromatic N) is 1. The highest BCUT2D eigenvalue weighted by atomic mass is 19.4. The van der Waals surface area contributed by atoms with Crippen molar-refractivity contribution in [2.75, 3.05) is 20.1 Å². The van der Waals surface area contributed by atoms with Crippen LogP contribution in [-0.2, 0) is 0 Å². The molecule has 0 amide bonds. The van der Waals surface area contributed by atoms with Crippen molar-refractivity contribution < 1.29 is 13.2 Å². The van der Waals surface area contributed by atoms with Crippen LogP contribution in [-0.4, -0.2) is 42.8 Å². The summed E-state index contributed by atoms with van der Waals surface area (Å²) in [6.45, 7) is 5.02. The fourth-order valence-electron chi connectivity index (χ4n) is 1.92. The minimum atomic E-state index is -4.05. The number of alkyl halides is 3. The smallest absolute Gasteiger partial charge is 0.310 e. The van der Waals surface area contributed by atoms with E-state index >= 15 is 0 Å². The maximum Gasteiger partial charge on any atom is 0.390 e. The Bertz CT molecular complexity index is 213. The van der Waals surface area contributed by atoms with E-state index < -0.39 is 12.6 Å². The Labute approximate surface area is 88.8 Å². The van der Waals surface area contributed by atoms with E-state index in [2.05, 4.69) is 19.2 Å². The summed E-state index contributed by atoms with van der Waals surface area (Å²) in [6.07, 6.45) is -3.86. The molecule has 0 radical (unpaired) electrons. The molecule has 0 aliphatic carbocycles. The Morgan fingerprint density at radius 2 is 2.00 bits per heavy atom. The molecule has 2 nitrogen and oxygen atoms in total. The summed E-state index contributed by atoms with van der Waals surface area (Å²) in [7, 11) is 1.76. The predicted molar refractivity (Wildman–Crippen MR) is 53.8 cm³/mol. The molecule has 1 fully saturated rings. The normalized spacial score (nSPS) is 26.2. The summed E-state index contributed by atoms with van der Waals surface area (Å²) >= 11 is 0. The lowest BCUT2D eigenvalue weighted by Crippen LogP contribution is -2.35. The van der Waals surface area contributed by atoms with Gasteiger partial charge in [0.25, 0.3) is 0 Å². The Kier molecular flexibility index (Phi) is 3.66. The summed E-state index contributed by atoms with van der Waals surface area (Å²) in [6, 6.07) is 0.224. The van der Waals surface area contributed by atoms with Gasteiger partial charge in [0.2, 0.25) is 0 Å². The van der Waals surface area contributed by atoms with Crippen LogP contribution in [0.2, 0.25) is 0 Å². The fourth-order valence-corrected chi connectivity index (χ4v) is 1.92. The molecule has 1 saturated heterocycles. The molecule has 15 heavy (non-hydrogen) atoms. The second kappa shape index (κ2) is 4.29. The third kappa shape index (κ3) is 4.38. The highest BCUT2D eigenvalue weighted by Gasteiger charge is 2.34. The highest BCUT2D eigenvalue weighted by Crippen LogP contribution is 2.24. The van der Waals surface area contributed by atoms with Gasteiger partial charge in [-0.05, 0) is 27.3 Å². The Morgan fingerprint density at radius 3 is 2.40 bits per heavy atom. The third-order valence-corrected chi connectivity index (χ3v) is 2.93.